The maximum atomic E-state index is 12.1. The molecular weight excluding hydrogens is 952 g/mol. The second kappa shape index (κ2) is 28.5. The largest absolute Gasteiger partial charge is 0.468 e. The van der Waals surface area contributed by atoms with Gasteiger partial charge in [-0.25, -0.2) is 0 Å². The summed E-state index contributed by atoms with van der Waals surface area (Å²) in [5, 5.41) is 152. The van der Waals surface area contributed by atoms with Crippen LogP contribution in [0.3, 0.4) is 0 Å². The molecule has 70 heavy (non-hydrogen) atoms. The molecule has 0 aromatic heterocycles. The highest BCUT2D eigenvalue weighted by atomic mass is 16.7. The minimum absolute atomic E-state index is 0.0120. The van der Waals surface area contributed by atoms with Crippen LogP contribution in [0, 0.1) is 0 Å². The van der Waals surface area contributed by atoms with Crippen molar-refractivity contribution in [2.45, 2.75) is 161 Å². The Morgan fingerprint density at radius 3 is 1.39 bits per heavy atom. The Labute approximate surface area is 401 Å². The van der Waals surface area contributed by atoms with Crippen molar-refractivity contribution in [3.63, 3.8) is 0 Å². The molecule has 0 saturated carbocycles. The van der Waals surface area contributed by atoms with Crippen molar-refractivity contribution in [2.24, 2.45) is 0 Å². The van der Waals surface area contributed by atoms with Crippen LogP contribution in [0.25, 0.3) is 0 Å². The number of hydrogen-bond donors (Lipinski definition) is 18. The Kier molecular flexibility index (Phi) is 24.9. The maximum Gasteiger partial charge on any atom is 0.322 e. The van der Waals surface area contributed by atoms with Crippen molar-refractivity contribution in [3.8, 4) is 0 Å². The Balaban J connectivity index is 0.000000370. The molecule has 0 aromatic carbocycles. The first-order chi connectivity index (χ1) is 33.0. The second-order valence-electron chi connectivity index (χ2n) is 16.8. The fourth-order valence-electron chi connectivity index (χ4n) is 7.73. The fraction of sp³-hybridized carbons (Fsp3) is 0.900. The predicted molar refractivity (Wildman–Crippen MR) is 227 cm³/mol. The number of ether oxygens (including phenoxy) is 8. The summed E-state index contributed by atoms with van der Waals surface area (Å²) in [7, 11) is 2.29. The minimum Gasteiger partial charge on any atom is -0.468 e. The normalized spacial score (nSPS) is 38.4. The first-order valence-electron chi connectivity index (χ1n) is 22.5. The van der Waals surface area contributed by atoms with E-state index in [0.29, 0.717) is 13.1 Å². The molecule has 0 aromatic rings. The standard InChI is InChI=1S/2C20H36N2O13/c1-3-21-12(25)5-4-9(18(30)32-2)22-8-20(31)17(29)16(10(24)7-33-20)35-19-15(28)14(27)13(26)11(6-23)34-19;1-3-21-12(25)5-4-9(18(30)32-2)22-8-20(31)17(29)16(11(7-24)35-20)34-19-15(28)14(27)13(26)10(6-23)33-19/h2*9-11,13-17,19,22-24,26-29,31H,3-8H2,1-2H3,(H,21,25)/t2*9-,10+,11+,13+,14-,15+,16?,17-,19+,20?/m00/s1. The van der Waals surface area contributed by atoms with E-state index in [4.69, 9.17) is 37.9 Å². The number of methoxy groups -OCH3 is 2. The monoisotopic (exact) mass is 1020 g/mol. The number of aliphatic hydroxyl groups excluding tert-OH is 12. The highest BCUT2D eigenvalue weighted by Crippen LogP contribution is 2.35. The van der Waals surface area contributed by atoms with Crippen LogP contribution < -0.4 is 21.3 Å². The van der Waals surface area contributed by atoms with Gasteiger partial charge < -0.3 is 120 Å². The lowest BCUT2D eigenvalue weighted by Gasteiger charge is -2.47. The summed E-state index contributed by atoms with van der Waals surface area (Å²) in [6.45, 7) is 0.502. The van der Waals surface area contributed by atoms with Gasteiger partial charge in [-0.1, -0.05) is 0 Å². The quantitative estimate of drug-likeness (QED) is 0.0423. The average Bonchev–Trinajstić information content (AvgIpc) is 3.58. The third kappa shape index (κ3) is 15.8. The molecule has 4 rings (SSSR count). The molecule has 4 heterocycles. The molecule has 30 heteroatoms. The molecule has 4 aliphatic rings. The first kappa shape index (κ1) is 61.3. The summed E-state index contributed by atoms with van der Waals surface area (Å²) in [5.74, 6) is -6.82. The Morgan fingerprint density at radius 2 is 0.986 bits per heavy atom. The SMILES string of the molecule is CCNC(=O)CC[C@H](NCC1(O)OC[C@@H](O)C(O[C@H]2O[C@H](CO)[C@@H](O)[C@H](O)[C@H]2O)[C@@H]1O)C(=O)OC.CCNC(=O)CC[C@H](NCC1(O)O[C@H](CO)C(O[C@H]2O[C@H](CO)[C@@H](O)[C@H](O)[C@H]2O)[C@@H]1O)C(=O)OC. The van der Waals surface area contributed by atoms with Crippen molar-refractivity contribution in [3.05, 3.63) is 0 Å². The molecule has 0 aliphatic carbocycles. The molecule has 4 unspecified atom stereocenters. The zero-order chi connectivity index (χ0) is 52.7. The maximum absolute atomic E-state index is 12.1. The highest BCUT2D eigenvalue weighted by molar-refractivity contribution is 5.80. The van der Waals surface area contributed by atoms with Crippen molar-refractivity contribution in [1.29, 1.82) is 0 Å². The van der Waals surface area contributed by atoms with Gasteiger partial charge in [0.2, 0.25) is 23.4 Å². The molecular formula is C40H72N4O26. The molecule has 408 valence electrons. The van der Waals surface area contributed by atoms with E-state index in [1.165, 1.54) is 0 Å². The van der Waals surface area contributed by atoms with Crippen LogP contribution in [0.15, 0.2) is 0 Å². The summed E-state index contributed by atoms with van der Waals surface area (Å²) in [4.78, 5) is 47.7. The summed E-state index contributed by atoms with van der Waals surface area (Å²) in [5.41, 5.74) is 0. The molecule has 18 N–H and O–H groups in total. The summed E-state index contributed by atoms with van der Waals surface area (Å²) < 4.78 is 41.4. The zero-order valence-corrected chi connectivity index (χ0v) is 39.0. The van der Waals surface area contributed by atoms with E-state index in [1.54, 1.807) is 13.8 Å². The number of nitrogens with one attached hydrogen (secondary N) is 4. The van der Waals surface area contributed by atoms with Gasteiger partial charge in [-0.3, -0.25) is 29.8 Å². The van der Waals surface area contributed by atoms with Crippen LogP contribution in [0.4, 0.5) is 0 Å². The van der Waals surface area contributed by atoms with Gasteiger partial charge in [-0.05, 0) is 26.7 Å². The number of rotatable bonds is 23. The van der Waals surface area contributed by atoms with E-state index in [0.717, 1.165) is 14.2 Å². The first-order valence-corrected chi connectivity index (χ1v) is 22.5. The van der Waals surface area contributed by atoms with Crippen LogP contribution in [-0.2, 0) is 57.1 Å². The number of esters is 2. The van der Waals surface area contributed by atoms with Crippen molar-refractivity contribution >= 4 is 23.8 Å². The summed E-state index contributed by atoms with van der Waals surface area (Å²) in [6, 6.07) is -2.08. The molecule has 30 nitrogen and oxygen atoms in total. The molecule has 2 amide bonds. The minimum atomic E-state index is -2.39. The number of aliphatic hydroxyl groups is 14. The van der Waals surface area contributed by atoms with Crippen molar-refractivity contribution in [1.82, 2.24) is 21.3 Å². The fourth-order valence-corrected chi connectivity index (χ4v) is 7.73. The predicted octanol–water partition coefficient (Wildman–Crippen LogP) is -10.7. The van der Waals surface area contributed by atoms with Gasteiger partial charge in [0, 0.05) is 25.9 Å². The number of carbonyl (C=O) groups excluding carboxylic acids is 4. The lowest BCUT2D eigenvalue weighted by molar-refractivity contribution is -0.367. The van der Waals surface area contributed by atoms with Crippen LogP contribution >= 0.6 is 0 Å². The van der Waals surface area contributed by atoms with Crippen LogP contribution in [-0.4, -0.2) is 284 Å². The number of carbonyl (C=O) groups is 4. The third-order valence-electron chi connectivity index (χ3n) is 11.9. The smallest absolute Gasteiger partial charge is 0.322 e. The lowest BCUT2D eigenvalue weighted by atomic mass is 9.95. The van der Waals surface area contributed by atoms with Crippen LogP contribution in [0.2, 0.25) is 0 Å². The van der Waals surface area contributed by atoms with Gasteiger partial charge in [0.25, 0.3) is 0 Å². The lowest BCUT2D eigenvalue weighted by Crippen LogP contribution is -2.68. The van der Waals surface area contributed by atoms with Gasteiger partial charge in [0.15, 0.2) is 12.6 Å². The van der Waals surface area contributed by atoms with Gasteiger partial charge in [-0.15, -0.1) is 0 Å². The molecule has 0 spiro atoms. The van der Waals surface area contributed by atoms with Gasteiger partial charge in [-0.2, -0.15) is 0 Å². The average molecular weight is 1030 g/mol. The van der Waals surface area contributed by atoms with Gasteiger partial charge in [0.1, 0.15) is 97.5 Å². The van der Waals surface area contributed by atoms with Crippen LogP contribution in [0.5, 0.6) is 0 Å². The molecule has 20 atom stereocenters. The number of amides is 2. The third-order valence-corrected chi connectivity index (χ3v) is 11.9. The zero-order valence-electron chi connectivity index (χ0n) is 39.0. The Morgan fingerprint density at radius 1 is 0.586 bits per heavy atom. The topological polar surface area (TPSA) is 473 Å². The van der Waals surface area contributed by atoms with Crippen molar-refractivity contribution < 1.29 is 129 Å². The summed E-state index contributed by atoms with van der Waals surface area (Å²) in [6.07, 6.45) is -26.0. The van der Waals surface area contributed by atoms with E-state index in [9.17, 15) is 90.7 Å². The van der Waals surface area contributed by atoms with E-state index in [1.807, 2.05) is 0 Å². The summed E-state index contributed by atoms with van der Waals surface area (Å²) >= 11 is 0. The second-order valence-corrected chi connectivity index (χ2v) is 16.8. The molecule has 0 radical (unpaired) electrons. The molecule has 4 fully saturated rings. The van der Waals surface area contributed by atoms with E-state index >= 15 is 0 Å². The Hall–Kier alpha value is -3.00. The molecule has 4 saturated heterocycles. The van der Waals surface area contributed by atoms with Gasteiger partial charge in [0.05, 0.1) is 53.7 Å². The van der Waals surface area contributed by atoms with E-state index in [2.05, 4.69) is 21.3 Å². The van der Waals surface area contributed by atoms with E-state index < -0.39 is 173 Å². The van der Waals surface area contributed by atoms with Crippen molar-refractivity contribution in [2.75, 3.05) is 66.8 Å². The van der Waals surface area contributed by atoms with E-state index in [-0.39, 0.29) is 37.5 Å². The molecule has 4 aliphatic heterocycles. The highest BCUT2D eigenvalue weighted by Gasteiger charge is 2.57. The molecule has 0 bridgehead atoms. The van der Waals surface area contributed by atoms with Gasteiger partial charge >= 0.3 is 11.9 Å². The van der Waals surface area contributed by atoms with Crippen LogP contribution in [0.1, 0.15) is 39.5 Å². The number of hydrogen-bond acceptors (Lipinski definition) is 28. The Bertz CT molecular complexity index is 1540.